The second-order valence-electron chi connectivity index (χ2n) is 7.34. The molecule has 4 heteroatoms. The van der Waals surface area contributed by atoms with Crippen molar-refractivity contribution >= 4 is 11.8 Å². The lowest BCUT2D eigenvalue weighted by molar-refractivity contribution is -0.135. The molecule has 0 radical (unpaired) electrons. The lowest BCUT2D eigenvalue weighted by Gasteiger charge is -2.33. The monoisotopic (exact) mass is 350 g/mol. The molecule has 1 aliphatic heterocycles. The van der Waals surface area contributed by atoms with Crippen LogP contribution in [0.1, 0.15) is 40.9 Å². The number of nitrogens with one attached hydrogen (secondary N) is 1. The summed E-state index contributed by atoms with van der Waals surface area (Å²) in [6.07, 6.45) is 0.860. The maximum absolute atomic E-state index is 13.1. The first-order valence-electron chi connectivity index (χ1n) is 9.19. The van der Waals surface area contributed by atoms with Crippen LogP contribution in [0, 0.1) is 12.8 Å². The molecule has 2 aromatic rings. The zero-order valence-corrected chi connectivity index (χ0v) is 15.7. The number of fused-ring (bicyclic) bond motifs is 1. The molecule has 0 saturated heterocycles. The van der Waals surface area contributed by atoms with Crippen LogP contribution in [0.15, 0.2) is 48.5 Å². The van der Waals surface area contributed by atoms with Crippen molar-refractivity contribution in [3.05, 3.63) is 70.8 Å². The summed E-state index contributed by atoms with van der Waals surface area (Å²) in [4.78, 5) is 27.5. The van der Waals surface area contributed by atoms with E-state index in [-0.39, 0.29) is 17.7 Å². The topological polar surface area (TPSA) is 49.4 Å². The number of aryl methyl sites for hydroxylation is 1. The first kappa shape index (κ1) is 18.2. The van der Waals surface area contributed by atoms with Crippen molar-refractivity contribution in [1.82, 2.24) is 10.2 Å². The molecule has 1 N–H and O–H groups in total. The van der Waals surface area contributed by atoms with Gasteiger partial charge in [-0.25, -0.2) is 0 Å². The third-order valence-electron chi connectivity index (χ3n) is 4.98. The Hall–Kier alpha value is -2.62. The Balaban J connectivity index is 1.72. The average molecular weight is 350 g/mol. The van der Waals surface area contributed by atoms with Crippen molar-refractivity contribution < 1.29 is 9.59 Å². The number of hydrogen-bond acceptors (Lipinski definition) is 2. The largest absolute Gasteiger partial charge is 0.340 e. The van der Waals surface area contributed by atoms with Gasteiger partial charge in [0, 0.05) is 18.7 Å². The van der Waals surface area contributed by atoms with E-state index in [1.165, 1.54) is 11.1 Å². The smallest absolute Gasteiger partial charge is 0.251 e. The van der Waals surface area contributed by atoms with E-state index in [9.17, 15) is 9.59 Å². The van der Waals surface area contributed by atoms with Crippen LogP contribution < -0.4 is 5.32 Å². The number of carbonyl (C=O) groups excluding carboxylic acids is 2. The molecule has 136 valence electrons. The molecule has 26 heavy (non-hydrogen) atoms. The van der Waals surface area contributed by atoms with Crippen molar-refractivity contribution in [2.24, 2.45) is 5.92 Å². The van der Waals surface area contributed by atoms with Gasteiger partial charge in [-0.3, -0.25) is 9.59 Å². The number of carbonyl (C=O) groups is 2. The molecular formula is C22H26N2O2. The first-order chi connectivity index (χ1) is 12.5. The van der Waals surface area contributed by atoms with Crippen molar-refractivity contribution in [1.29, 1.82) is 0 Å². The number of benzene rings is 2. The summed E-state index contributed by atoms with van der Waals surface area (Å²) in [6.45, 7) is 7.22. The van der Waals surface area contributed by atoms with Crippen molar-refractivity contribution in [3.8, 4) is 0 Å². The van der Waals surface area contributed by atoms with Gasteiger partial charge in [0.25, 0.3) is 5.91 Å². The van der Waals surface area contributed by atoms with E-state index in [2.05, 4.69) is 17.4 Å². The van der Waals surface area contributed by atoms with Crippen LogP contribution in [0.3, 0.4) is 0 Å². The predicted molar refractivity (Wildman–Crippen MR) is 103 cm³/mol. The summed E-state index contributed by atoms with van der Waals surface area (Å²) >= 11 is 0. The third kappa shape index (κ3) is 3.96. The zero-order chi connectivity index (χ0) is 18.7. The normalized spacial score (nSPS) is 14.7. The Morgan fingerprint density at radius 1 is 1.00 bits per heavy atom. The van der Waals surface area contributed by atoms with E-state index < -0.39 is 6.04 Å². The van der Waals surface area contributed by atoms with Gasteiger partial charge in [0.2, 0.25) is 5.91 Å². The second kappa shape index (κ2) is 7.73. The zero-order valence-electron chi connectivity index (χ0n) is 15.7. The quantitative estimate of drug-likeness (QED) is 0.919. The van der Waals surface area contributed by atoms with E-state index >= 15 is 0 Å². The SMILES string of the molecule is Cc1ccc(C(=O)NC(C(=O)N2CCc3ccccc3C2)C(C)C)cc1. The van der Waals surface area contributed by atoms with E-state index in [1.807, 2.05) is 49.9 Å². The standard InChI is InChI=1S/C22H26N2O2/c1-15(2)20(23-21(25)18-10-8-16(3)9-11-18)22(26)24-13-12-17-6-4-5-7-19(17)14-24/h4-11,15,20H,12-14H2,1-3H3,(H,23,25). The van der Waals surface area contributed by atoms with Crippen molar-refractivity contribution in [2.45, 2.75) is 39.8 Å². The molecule has 2 amide bonds. The lowest BCUT2D eigenvalue weighted by Crippen LogP contribution is -2.52. The third-order valence-corrected chi connectivity index (χ3v) is 4.98. The predicted octanol–water partition coefficient (Wildman–Crippen LogP) is 3.33. The van der Waals surface area contributed by atoms with Gasteiger partial charge in [0.1, 0.15) is 6.04 Å². The van der Waals surface area contributed by atoms with Crippen LogP contribution in [0.4, 0.5) is 0 Å². The van der Waals surface area contributed by atoms with Crippen LogP contribution in [-0.2, 0) is 17.8 Å². The van der Waals surface area contributed by atoms with Gasteiger partial charge in [-0.05, 0) is 42.5 Å². The summed E-state index contributed by atoms with van der Waals surface area (Å²) in [5.74, 6) is -0.182. The van der Waals surface area contributed by atoms with Crippen LogP contribution in [0.5, 0.6) is 0 Å². The van der Waals surface area contributed by atoms with E-state index in [0.29, 0.717) is 18.7 Å². The summed E-state index contributed by atoms with van der Waals surface area (Å²) in [5, 5.41) is 2.94. The molecule has 0 saturated carbocycles. The number of amides is 2. The van der Waals surface area contributed by atoms with Gasteiger partial charge in [-0.15, -0.1) is 0 Å². The second-order valence-corrected chi connectivity index (χ2v) is 7.34. The molecule has 0 spiro atoms. The summed E-state index contributed by atoms with van der Waals surface area (Å²) < 4.78 is 0. The maximum Gasteiger partial charge on any atom is 0.251 e. The van der Waals surface area contributed by atoms with Gasteiger partial charge in [-0.2, -0.15) is 0 Å². The lowest BCUT2D eigenvalue weighted by atomic mass is 9.97. The highest BCUT2D eigenvalue weighted by Crippen LogP contribution is 2.20. The van der Waals surface area contributed by atoms with E-state index in [0.717, 1.165) is 12.0 Å². The number of rotatable bonds is 4. The molecule has 1 atom stereocenters. The van der Waals surface area contributed by atoms with Gasteiger partial charge >= 0.3 is 0 Å². The minimum atomic E-state index is -0.519. The molecule has 0 bridgehead atoms. The highest BCUT2D eigenvalue weighted by Gasteiger charge is 2.30. The maximum atomic E-state index is 13.1. The van der Waals surface area contributed by atoms with Crippen molar-refractivity contribution in [2.75, 3.05) is 6.54 Å². The van der Waals surface area contributed by atoms with Gasteiger partial charge in [0.15, 0.2) is 0 Å². The fourth-order valence-electron chi connectivity index (χ4n) is 3.32. The Morgan fingerprint density at radius 2 is 1.65 bits per heavy atom. The summed E-state index contributed by atoms with van der Waals surface area (Å²) in [6, 6.07) is 15.1. The van der Waals surface area contributed by atoms with Gasteiger partial charge in [-0.1, -0.05) is 55.8 Å². The molecular weight excluding hydrogens is 324 g/mol. The van der Waals surface area contributed by atoms with Gasteiger partial charge in [0.05, 0.1) is 0 Å². The molecule has 0 aromatic heterocycles. The highest BCUT2D eigenvalue weighted by molar-refractivity contribution is 5.97. The van der Waals surface area contributed by atoms with Crippen LogP contribution in [0.2, 0.25) is 0 Å². The van der Waals surface area contributed by atoms with Crippen LogP contribution in [-0.4, -0.2) is 29.3 Å². The Morgan fingerprint density at radius 3 is 2.31 bits per heavy atom. The minimum Gasteiger partial charge on any atom is -0.340 e. The molecule has 0 fully saturated rings. The van der Waals surface area contributed by atoms with E-state index in [1.54, 1.807) is 12.1 Å². The molecule has 0 aliphatic carbocycles. The Labute approximate surface area is 155 Å². The van der Waals surface area contributed by atoms with Crippen LogP contribution >= 0.6 is 0 Å². The molecule has 3 rings (SSSR count). The fraction of sp³-hybridized carbons (Fsp3) is 0.364. The molecule has 1 aliphatic rings. The van der Waals surface area contributed by atoms with Gasteiger partial charge < -0.3 is 10.2 Å². The molecule has 1 unspecified atom stereocenters. The summed E-state index contributed by atoms with van der Waals surface area (Å²) in [7, 11) is 0. The molecule has 1 heterocycles. The number of hydrogen-bond donors (Lipinski definition) is 1. The molecule has 2 aromatic carbocycles. The molecule has 4 nitrogen and oxygen atoms in total. The van der Waals surface area contributed by atoms with Crippen LogP contribution in [0.25, 0.3) is 0 Å². The van der Waals surface area contributed by atoms with E-state index in [4.69, 9.17) is 0 Å². The first-order valence-corrected chi connectivity index (χ1v) is 9.19. The minimum absolute atomic E-state index is 0.00466. The number of nitrogens with zero attached hydrogens (tertiary/aromatic N) is 1. The Bertz CT molecular complexity index is 796. The Kier molecular flexibility index (Phi) is 5.40. The van der Waals surface area contributed by atoms with Crippen molar-refractivity contribution in [3.63, 3.8) is 0 Å². The summed E-state index contributed by atoms with van der Waals surface area (Å²) in [5.41, 5.74) is 4.18. The fourth-order valence-corrected chi connectivity index (χ4v) is 3.32. The highest BCUT2D eigenvalue weighted by atomic mass is 16.2. The average Bonchev–Trinajstić information content (AvgIpc) is 2.65.